The zero-order valence-electron chi connectivity index (χ0n) is 16.9. The first-order chi connectivity index (χ1) is 13.9. The topological polar surface area (TPSA) is 84.9 Å². The standard InChI is InChI=1S/C21H26N2O5S/c1-15-7-9-20(28-3)18(13-15)22-21(24)17-14-16(8-10-19(17)27-2)29(25,26)23-11-5-4-6-12-23/h7-10,13-14H,4-6,11-12H2,1-3H3,(H,22,24). The average Bonchev–Trinajstić information content (AvgIpc) is 2.74. The zero-order chi connectivity index (χ0) is 21.0. The van der Waals surface area contributed by atoms with Crippen LogP contribution in [0.4, 0.5) is 5.69 Å². The van der Waals surface area contributed by atoms with Gasteiger partial charge in [0.15, 0.2) is 0 Å². The van der Waals surface area contributed by atoms with Crippen LogP contribution in [0.25, 0.3) is 0 Å². The lowest BCUT2D eigenvalue weighted by Gasteiger charge is -2.26. The molecule has 0 aliphatic carbocycles. The van der Waals surface area contributed by atoms with Gasteiger partial charge >= 0.3 is 0 Å². The molecule has 0 bridgehead atoms. The van der Waals surface area contributed by atoms with Crippen LogP contribution in [0.1, 0.15) is 35.2 Å². The van der Waals surface area contributed by atoms with Crippen LogP contribution >= 0.6 is 0 Å². The summed E-state index contributed by atoms with van der Waals surface area (Å²) in [6, 6.07) is 9.80. The minimum atomic E-state index is -3.66. The number of hydrogen-bond donors (Lipinski definition) is 1. The quantitative estimate of drug-likeness (QED) is 0.777. The number of piperidine rings is 1. The van der Waals surface area contributed by atoms with Crippen LogP contribution in [-0.2, 0) is 10.0 Å². The number of benzene rings is 2. The number of amides is 1. The van der Waals surface area contributed by atoms with Gasteiger partial charge in [-0.1, -0.05) is 12.5 Å². The monoisotopic (exact) mass is 418 g/mol. The maximum atomic E-state index is 13.0. The van der Waals surface area contributed by atoms with E-state index in [1.54, 1.807) is 12.1 Å². The number of sulfonamides is 1. The summed E-state index contributed by atoms with van der Waals surface area (Å²) < 4.78 is 38.1. The molecule has 3 rings (SSSR count). The SMILES string of the molecule is COc1ccc(C)cc1NC(=O)c1cc(S(=O)(=O)N2CCCCC2)ccc1OC. The van der Waals surface area contributed by atoms with Gasteiger partial charge in [0.2, 0.25) is 10.0 Å². The highest BCUT2D eigenvalue weighted by atomic mass is 32.2. The Bertz CT molecular complexity index is 998. The van der Waals surface area contributed by atoms with Gasteiger partial charge in [-0.2, -0.15) is 4.31 Å². The third kappa shape index (κ3) is 4.54. The van der Waals surface area contributed by atoms with E-state index >= 15 is 0 Å². The Morgan fingerprint density at radius 3 is 2.28 bits per heavy atom. The van der Waals surface area contributed by atoms with Crippen molar-refractivity contribution in [1.29, 1.82) is 0 Å². The molecule has 0 spiro atoms. The van der Waals surface area contributed by atoms with Gasteiger partial charge in [0, 0.05) is 13.1 Å². The predicted octanol–water partition coefficient (Wildman–Crippen LogP) is 3.44. The van der Waals surface area contributed by atoms with Crippen molar-refractivity contribution in [3.8, 4) is 11.5 Å². The van der Waals surface area contributed by atoms with E-state index in [0.717, 1.165) is 24.8 Å². The van der Waals surface area contributed by atoms with E-state index in [-0.39, 0.29) is 10.5 Å². The molecule has 0 radical (unpaired) electrons. The van der Waals surface area contributed by atoms with Gasteiger partial charge in [0.25, 0.3) is 5.91 Å². The number of aryl methyl sites for hydroxylation is 1. The Kier molecular flexibility index (Phi) is 6.44. The van der Waals surface area contributed by atoms with Crippen molar-refractivity contribution in [2.24, 2.45) is 0 Å². The van der Waals surface area contributed by atoms with Gasteiger partial charge in [0.05, 0.1) is 30.4 Å². The smallest absolute Gasteiger partial charge is 0.259 e. The Morgan fingerprint density at radius 1 is 0.966 bits per heavy atom. The number of ether oxygens (including phenoxy) is 2. The Morgan fingerprint density at radius 2 is 1.62 bits per heavy atom. The van der Waals surface area contributed by atoms with Crippen molar-refractivity contribution in [2.75, 3.05) is 32.6 Å². The molecule has 2 aromatic rings. The second kappa shape index (κ2) is 8.84. The highest BCUT2D eigenvalue weighted by Crippen LogP contribution is 2.29. The summed E-state index contributed by atoms with van der Waals surface area (Å²) in [5.74, 6) is 0.341. The van der Waals surface area contributed by atoms with Crippen molar-refractivity contribution in [3.05, 3.63) is 47.5 Å². The van der Waals surface area contributed by atoms with Crippen molar-refractivity contribution < 1.29 is 22.7 Å². The van der Waals surface area contributed by atoms with Crippen molar-refractivity contribution >= 4 is 21.6 Å². The molecule has 1 aliphatic rings. The molecule has 8 heteroatoms. The number of carbonyl (C=O) groups excluding carboxylic acids is 1. The average molecular weight is 419 g/mol. The largest absolute Gasteiger partial charge is 0.496 e. The highest BCUT2D eigenvalue weighted by Gasteiger charge is 2.27. The summed E-state index contributed by atoms with van der Waals surface area (Å²) in [7, 11) is -0.699. The molecule has 0 saturated carbocycles. The number of rotatable bonds is 6. The van der Waals surface area contributed by atoms with E-state index in [0.29, 0.717) is 30.3 Å². The lowest BCUT2D eigenvalue weighted by atomic mass is 10.1. The molecule has 29 heavy (non-hydrogen) atoms. The number of carbonyl (C=O) groups is 1. The number of anilines is 1. The molecule has 0 unspecified atom stereocenters. The number of nitrogens with one attached hydrogen (secondary N) is 1. The van der Waals surface area contributed by atoms with E-state index in [2.05, 4.69) is 5.32 Å². The van der Waals surface area contributed by atoms with Crippen molar-refractivity contribution in [1.82, 2.24) is 4.31 Å². The summed E-state index contributed by atoms with van der Waals surface area (Å²) in [5, 5.41) is 2.80. The van der Waals surface area contributed by atoms with Crippen LogP contribution < -0.4 is 14.8 Å². The van der Waals surface area contributed by atoms with Crippen LogP contribution in [-0.4, -0.2) is 45.9 Å². The lowest BCUT2D eigenvalue weighted by molar-refractivity contribution is 0.102. The van der Waals surface area contributed by atoms with Crippen molar-refractivity contribution in [3.63, 3.8) is 0 Å². The van der Waals surface area contributed by atoms with Gasteiger partial charge in [0.1, 0.15) is 11.5 Å². The Labute approximate surface area is 171 Å². The summed E-state index contributed by atoms with van der Waals surface area (Å²) in [4.78, 5) is 13.1. The maximum Gasteiger partial charge on any atom is 0.259 e. The van der Waals surface area contributed by atoms with E-state index in [1.807, 2.05) is 13.0 Å². The molecule has 1 fully saturated rings. The first-order valence-corrected chi connectivity index (χ1v) is 10.9. The first-order valence-electron chi connectivity index (χ1n) is 9.51. The molecule has 0 aromatic heterocycles. The second-order valence-electron chi connectivity index (χ2n) is 6.98. The summed E-state index contributed by atoms with van der Waals surface area (Å²) in [6.07, 6.45) is 2.71. The molecular weight excluding hydrogens is 392 g/mol. The molecular formula is C21H26N2O5S. The Hall–Kier alpha value is -2.58. The third-order valence-corrected chi connectivity index (χ3v) is 6.87. The van der Waals surface area contributed by atoms with E-state index in [1.165, 1.54) is 36.7 Å². The van der Waals surface area contributed by atoms with Gasteiger partial charge in [-0.3, -0.25) is 4.79 Å². The fourth-order valence-electron chi connectivity index (χ4n) is 3.39. The summed E-state index contributed by atoms with van der Waals surface area (Å²) in [5.41, 5.74) is 1.60. The summed E-state index contributed by atoms with van der Waals surface area (Å²) in [6.45, 7) is 2.90. The van der Waals surface area contributed by atoms with Crippen LogP contribution in [0, 0.1) is 6.92 Å². The molecule has 1 heterocycles. The third-order valence-electron chi connectivity index (χ3n) is 4.97. The molecule has 1 amide bonds. The van der Waals surface area contributed by atoms with Gasteiger partial charge in [-0.25, -0.2) is 8.42 Å². The van der Waals surface area contributed by atoms with Gasteiger partial charge < -0.3 is 14.8 Å². The van der Waals surface area contributed by atoms with E-state index in [4.69, 9.17) is 9.47 Å². The zero-order valence-corrected chi connectivity index (χ0v) is 17.7. The Balaban J connectivity index is 1.95. The minimum absolute atomic E-state index is 0.0848. The molecule has 2 aromatic carbocycles. The number of hydrogen-bond acceptors (Lipinski definition) is 5. The van der Waals surface area contributed by atoms with Crippen LogP contribution in [0.15, 0.2) is 41.3 Å². The first kappa shape index (κ1) is 21.1. The predicted molar refractivity (Wildman–Crippen MR) is 111 cm³/mol. The van der Waals surface area contributed by atoms with Crippen LogP contribution in [0.2, 0.25) is 0 Å². The normalized spacial score (nSPS) is 15.0. The van der Waals surface area contributed by atoms with E-state index < -0.39 is 15.9 Å². The number of nitrogens with zero attached hydrogens (tertiary/aromatic N) is 1. The van der Waals surface area contributed by atoms with Crippen molar-refractivity contribution in [2.45, 2.75) is 31.1 Å². The number of methoxy groups -OCH3 is 2. The molecule has 156 valence electrons. The molecule has 1 aliphatic heterocycles. The highest BCUT2D eigenvalue weighted by molar-refractivity contribution is 7.89. The van der Waals surface area contributed by atoms with Gasteiger partial charge in [-0.05, 0) is 55.7 Å². The lowest BCUT2D eigenvalue weighted by Crippen LogP contribution is -2.35. The molecule has 1 saturated heterocycles. The minimum Gasteiger partial charge on any atom is -0.496 e. The fourth-order valence-corrected chi connectivity index (χ4v) is 4.93. The second-order valence-corrected chi connectivity index (χ2v) is 8.92. The molecule has 0 atom stereocenters. The van der Waals surface area contributed by atoms with E-state index in [9.17, 15) is 13.2 Å². The molecule has 1 N–H and O–H groups in total. The molecule has 7 nitrogen and oxygen atoms in total. The van der Waals surface area contributed by atoms with Gasteiger partial charge in [-0.15, -0.1) is 0 Å². The fraction of sp³-hybridized carbons (Fsp3) is 0.381. The summed E-state index contributed by atoms with van der Waals surface area (Å²) >= 11 is 0. The maximum absolute atomic E-state index is 13.0. The van der Waals surface area contributed by atoms with Crippen LogP contribution in [0.5, 0.6) is 11.5 Å². The van der Waals surface area contributed by atoms with Crippen LogP contribution in [0.3, 0.4) is 0 Å².